The first-order valence-corrected chi connectivity index (χ1v) is 6.53. The minimum Gasteiger partial charge on any atom is -0.372 e. The average molecular weight is 273 g/mol. The molecule has 0 saturated heterocycles. The molecule has 4 nitrogen and oxygen atoms in total. The highest BCUT2D eigenvalue weighted by atomic mass is 35.5. The SMILES string of the molecule is Clc1ccc(CC2=NCCN2)c(-c2ccncn2)c1. The Bertz CT molecular complexity index is 610. The van der Waals surface area contributed by atoms with Crippen LogP contribution in [0.2, 0.25) is 5.02 Å². The lowest BCUT2D eigenvalue weighted by Crippen LogP contribution is -2.20. The summed E-state index contributed by atoms with van der Waals surface area (Å²) >= 11 is 6.09. The van der Waals surface area contributed by atoms with E-state index in [1.807, 2.05) is 24.3 Å². The van der Waals surface area contributed by atoms with E-state index in [1.165, 1.54) is 0 Å². The van der Waals surface area contributed by atoms with Crippen molar-refractivity contribution in [3.05, 3.63) is 47.4 Å². The van der Waals surface area contributed by atoms with E-state index in [2.05, 4.69) is 20.3 Å². The van der Waals surface area contributed by atoms with Gasteiger partial charge in [-0.25, -0.2) is 9.97 Å². The number of rotatable bonds is 3. The van der Waals surface area contributed by atoms with Crippen molar-refractivity contribution in [1.82, 2.24) is 15.3 Å². The van der Waals surface area contributed by atoms with E-state index in [0.29, 0.717) is 5.02 Å². The van der Waals surface area contributed by atoms with Gasteiger partial charge in [0.25, 0.3) is 0 Å². The van der Waals surface area contributed by atoms with E-state index in [0.717, 1.165) is 42.2 Å². The number of hydrogen-bond donors (Lipinski definition) is 1. The molecule has 5 heteroatoms. The van der Waals surface area contributed by atoms with Gasteiger partial charge in [-0.2, -0.15) is 0 Å². The lowest BCUT2D eigenvalue weighted by molar-refractivity contribution is 0.953. The molecule has 0 saturated carbocycles. The molecule has 0 bridgehead atoms. The number of aromatic nitrogens is 2. The van der Waals surface area contributed by atoms with Crippen LogP contribution >= 0.6 is 11.6 Å². The molecule has 3 rings (SSSR count). The molecule has 0 unspecified atom stereocenters. The molecule has 2 aromatic rings. The molecule has 19 heavy (non-hydrogen) atoms. The van der Waals surface area contributed by atoms with Crippen molar-refractivity contribution in [3.8, 4) is 11.3 Å². The minimum atomic E-state index is 0.707. The third-order valence-corrected chi connectivity index (χ3v) is 3.27. The number of amidine groups is 1. The van der Waals surface area contributed by atoms with Crippen molar-refractivity contribution < 1.29 is 0 Å². The fourth-order valence-corrected chi connectivity index (χ4v) is 2.31. The normalized spacial score (nSPS) is 14.1. The Hall–Kier alpha value is -1.94. The van der Waals surface area contributed by atoms with E-state index >= 15 is 0 Å². The van der Waals surface area contributed by atoms with Crippen LogP contribution < -0.4 is 5.32 Å². The second-order valence-corrected chi connectivity index (χ2v) is 4.76. The zero-order valence-corrected chi connectivity index (χ0v) is 11.1. The summed E-state index contributed by atoms with van der Waals surface area (Å²) in [5.74, 6) is 1.03. The molecule has 0 atom stereocenters. The smallest absolute Gasteiger partial charge is 0.116 e. The second kappa shape index (κ2) is 5.36. The molecule has 0 amide bonds. The predicted molar refractivity (Wildman–Crippen MR) is 76.5 cm³/mol. The van der Waals surface area contributed by atoms with Gasteiger partial charge in [0.1, 0.15) is 12.2 Å². The Labute approximate surface area is 116 Å². The summed E-state index contributed by atoms with van der Waals surface area (Å²) in [6.07, 6.45) is 4.06. The Kier molecular flexibility index (Phi) is 3.42. The minimum absolute atomic E-state index is 0.707. The van der Waals surface area contributed by atoms with Crippen molar-refractivity contribution in [2.75, 3.05) is 13.1 Å². The Morgan fingerprint density at radius 1 is 1.26 bits per heavy atom. The summed E-state index contributed by atoms with van der Waals surface area (Å²) in [7, 11) is 0. The maximum atomic E-state index is 6.09. The molecule has 1 aliphatic heterocycles. The number of benzene rings is 1. The van der Waals surface area contributed by atoms with Gasteiger partial charge in [-0.05, 0) is 23.8 Å². The molecule has 0 radical (unpaired) electrons. The summed E-state index contributed by atoms with van der Waals surface area (Å²) in [6.45, 7) is 1.78. The van der Waals surface area contributed by atoms with E-state index < -0.39 is 0 Å². The molecule has 1 aromatic carbocycles. The van der Waals surface area contributed by atoms with Crippen LogP contribution in [-0.4, -0.2) is 28.9 Å². The molecule has 0 aliphatic carbocycles. The fourth-order valence-electron chi connectivity index (χ4n) is 2.14. The standard InChI is InChI=1S/C14H13ClN4/c15-11-2-1-10(7-14-17-5-6-18-14)12(8-11)13-3-4-16-9-19-13/h1-4,8-9H,5-7H2,(H,17,18). The summed E-state index contributed by atoms with van der Waals surface area (Å²) < 4.78 is 0. The maximum Gasteiger partial charge on any atom is 0.116 e. The number of halogens is 1. The number of aliphatic imine (C=N–C) groups is 1. The van der Waals surface area contributed by atoms with Crippen LogP contribution in [0.15, 0.2) is 41.8 Å². The molecule has 96 valence electrons. The molecule has 1 aliphatic rings. The first-order chi connectivity index (χ1) is 9.33. The highest BCUT2D eigenvalue weighted by Crippen LogP contribution is 2.25. The van der Waals surface area contributed by atoms with Gasteiger partial charge in [0.05, 0.1) is 12.2 Å². The van der Waals surface area contributed by atoms with Crippen molar-refractivity contribution in [1.29, 1.82) is 0 Å². The van der Waals surface area contributed by atoms with Gasteiger partial charge in [0.15, 0.2) is 0 Å². The molecular formula is C14H13ClN4. The lowest BCUT2D eigenvalue weighted by atomic mass is 10.0. The van der Waals surface area contributed by atoms with Crippen molar-refractivity contribution in [2.24, 2.45) is 4.99 Å². The average Bonchev–Trinajstić information content (AvgIpc) is 2.95. The largest absolute Gasteiger partial charge is 0.372 e. The Balaban J connectivity index is 1.99. The van der Waals surface area contributed by atoms with Crippen LogP contribution in [0, 0.1) is 0 Å². The van der Waals surface area contributed by atoms with Gasteiger partial charge >= 0.3 is 0 Å². The van der Waals surface area contributed by atoms with Crippen LogP contribution in [0.25, 0.3) is 11.3 Å². The van der Waals surface area contributed by atoms with E-state index in [9.17, 15) is 0 Å². The van der Waals surface area contributed by atoms with Crippen LogP contribution in [-0.2, 0) is 6.42 Å². The fraction of sp³-hybridized carbons (Fsp3) is 0.214. The predicted octanol–water partition coefficient (Wildman–Crippen LogP) is 2.34. The van der Waals surface area contributed by atoms with Crippen LogP contribution in [0.4, 0.5) is 0 Å². The topological polar surface area (TPSA) is 50.2 Å². The molecule has 1 aromatic heterocycles. The van der Waals surface area contributed by atoms with Gasteiger partial charge in [0, 0.05) is 29.7 Å². The number of nitrogens with one attached hydrogen (secondary N) is 1. The third-order valence-electron chi connectivity index (χ3n) is 3.03. The van der Waals surface area contributed by atoms with Gasteiger partial charge in [-0.1, -0.05) is 17.7 Å². The molecule has 2 heterocycles. The molecule has 0 fully saturated rings. The van der Waals surface area contributed by atoms with Gasteiger partial charge in [-0.15, -0.1) is 0 Å². The summed E-state index contributed by atoms with van der Waals surface area (Å²) in [4.78, 5) is 12.7. The van der Waals surface area contributed by atoms with Crippen LogP contribution in [0.3, 0.4) is 0 Å². The first-order valence-electron chi connectivity index (χ1n) is 6.15. The van der Waals surface area contributed by atoms with E-state index in [1.54, 1.807) is 12.5 Å². The highest BCUT2D eigenvalue weighted by molar-refractivity contribution is 6.30. The van der Waals surface area contributed by atoms with E-state index in [4.69, 9.17) is 11.6 Å². The van der Waals surface area contributed by atoms with E-state index in [-0.39, 0.29) is 0 Å². The zero-order chi connectivity index (χ0) is 13.1. The van der Waals surface area contributed by atoms with Crippen LogP contribution in [0.5, 0.6) is 0 Å². The van der Waals surface area contributed by atoms with Gasteiger partial charge < -0.3 is 5.32 Å². The molecule has 1 N–H and O–H groups in total. The summed E-state index contributed by atoms with van der Waals surface area (Å²) in [5, 5.41) is 3.99. The highest BCUT2D eigenvalue weighted by Gasteiger charge is 2.12. The van der Waals surface area contributed by atoms with Crippen molar-refractivity contribution in [3.63, 3.8) is 0 Å². The summed E-state index contributed by atoms with van der Waals surface area (Å²) in [5.41, 5.74) is 3.08. The van der Waals surface area contributed by atoms with Gasteiger partial charge in [-0.3, -0.25) is 4.99 Å². The number of nitrogens with zero attached hydrogens (tertiary/aromatic N) is 3. The molecular weight excluding hydrogens is 260 g/mol. The third kappa shape index (κ3) is 2.74. The molecule has 0 spiro atoms. The van der Waals surface area contributed by atoms with Crippen molar-refractivity contribution >= 4 is 17.4 Å². The number of hydrogen-bond acceptors (Lipinski definition) is 4. The lowest BCUT2D eigenvalue weighted by Gasteiger charge is -2.10. The second-order valence-electron chi connectivity index (χ2n) is 4.33. The van der Waals surface area contributed by atoms with Crippen LogP contribution in [0.1, 0.15) is 5.56 Å². The first kappa shape index (κ1) is 12.1. The maximum absolute atomic E-state index is 6.09. The monoisotopic (exact) mass is 272 g/mol. The van der Waals surface area contributed by atoms with Gasteiger partial charge in [0.2, 0.25) is 0 Å². The van der Waals surface area contributed by atoms with Crippen molar-refractivity contribution in [2.45, 2.75) is 6.42 Å². The Morgan fingerprint density at radius 3 is 2.95 bits per heavy atom. The quantitative estimate of drug-likeness (QED) is 0.933. The Morgan fingerprint density at radius 2 is 2.21 bits per heavy atom. The summed E-state index contributed by atoms with van der Waals surface area (Å²) in [6, 6.07) is 7.76. The zero-order valence-electron chi connectivity index (χ0n) is 10.3.